The number of nitrogens with one attached hydrogen (secondary N) is 2. The second kappa shape index (κ2) is 8.01. The first-order valence-electron chi connectivity index (χ1n) is 9.14. The predicted octanol–water partition coefficient (Wildman–Crippen LogP) is 2.24. The van der Waals surface area contributed by atoms with Crippen LogP contribution < -0.4 is 10.6 Å². The molecular formula is C20H28N4O2. The number of carbonyl (C=O) groups excluding carboxylic acids is 1. The van der Waals surface area contributed by atoms with Crippen molar-refractivity contribution in [3.8, 4) is 5.69 Å². The van der Waals surface area contributed by atoms with E-state index < -0.39 is 0 Å². The third-order valence-corrected chi connectivity index (χ3v) is 5.24. The summed E-state index contributed by atoms with van der Waals surface area (Å²) in [5.74, 6) is -0.0737. The van der Waals surface area contributed by atoms with Crippen LogP contribution in [-0.2, 0) is 4.74 Å². The molecule has 140 valence electrons. The number of rotatable bonds is 6. The number of piperidine rings is 1. The van der Waals surface area contributed by atoms with E-state index in [9.17, 15) is 4.79 Å². The van der Waals surface area contributed by atoms with Gasteiger partial charge in [0.15, 0.2) is 0 Å². The molecule has 1 aromatic carbocycles. The molecule has 6 heteroatoms. The maximum atomic E-state index is 12.7. The number of ether oxygens (including phenoxy) is 1. The van der Waals surface area contributed by atoms with Gasteiger partial charge in [-0.25, -0.2) is 4.68 Å². The Labute approximate surface area is 154 Å². The van der Waals surface area contributed by atoms with Crippen LogP contribution in [0.2, 0.25) is 0 Å². The van der Waals surface area contributed by atoms with Gasteiger partial charge < -0.3 is 15.4 Å². The fraction of sp³-hybridized carbons (Fsp3) is 0.500. The first kappa shape index (κ1) is 18.6. The monoisotopic (exact) mass is 356 g/mol. The molecule has 0 unspecified atom stereocenters. The Morgan fingerprint density at radius 1 is 1.35 bits per heavy atom. The van der Waals surface area contributed by atoms with E-state index in [1.54, 1.807) is 13.3 Å². The number of aromatic nitrogens is 2. The second-order valence-electron chi connectivity index (χ2n) is 7.26. The fourth-order valence-electron chi connectivity index (χ4n) is 3.65. The summed E-state index contributed by atoms with van der Waals surface area (Å²) in [7, 11) is 1.72. The van der Waals surface area contributed by atoms with Crippen molar-refractivity contribution in [2.24, 2.45) is 5.41 Å². The highest BCUT2D eigenvalue weighted by Gasteiger charge is 2.32. The van der Waals surface area contributed by atoms with E-state index in [0.717, 1.165) is 42.9 Å². The van der Waals surface area contributed by atoms with Crippen molar-refractivity contribution < 1.29 is 9.53 Å². The number of hydrogen-bond acceptors (Lipinski definition) is 4. The zero-order chi connectivity index (χ0) is 18.6. The third kappa shape index (κ3) is 3.97. The van der Waals surface area contributed by atoms with Crippen LogP contribution in [0, 0.1) is 19.3 Å². The molecule has 1 amide bonds. The zero-order valence-electron chi connectivity index (χ0n) is 15.8. The number of amides is 1. The zero-order valence-corrected chi connectivity index (χ0v) is 15.8. The molecule has 1 saturated heterocycles. The largest absolute Gasteiger partial charge is 0.384 e. The maximum absolute atomic E-state index is 12.7. The van der Waals surface area contributed by atoms with Gasteiger partial charge >= 0.3 is 0 Å². The molecule has 2 heterocycles. The van der Waals surface area contributed by atoms with Crippen molar-refractivity contribution in [2.75, 3.05) is 33.4 Å². The lowest BCUT2D eigenvalue weighted by molar-refractivity contribution is 0.0511. The van der Waals surface area contributed by atoms with E-state index in [0.29, 0.717) is 18.7 Å². The van der Waals surface area contributed by atoms with E-state index in [2.05, 4.69) is 21.8 Å². The molecule has 0 spiro atoms. The molecule has 3 rings (SSSR count). The summed E-state index contributed by atoms with van der Waals surface area (Å²) >= 11 is 0. The van der Waals surface area contributed by atoms with Crippen molar-refractivity contribution in [3.05, 3.63) is 47.3 Å². The van der Waals surface area contributed by atoms with Gasteiger partial charge in [0.1, 0.15) is 0 Å². The van der Waals surface area contributed by atoms with Crippen LogP contribution in [0.3, 0.4) is 0 Å². The summed E-state index contributed by atoms with van der Waals surface area (Å²) in [6.07, 6.45) is 3.66. The van der Waals surface area contributed by atoms with Crippen LogP contribution in [0.5, 0.6) is 0 Å². The van der Waals surface area contributed by atoms with Gasteiger partial charge in [0, 0.05) is 19.1 Å². The van der Waals surface area contributed by atoms with Gasteiger partial charge in [0.25, 0.3) is 5.91 Å². The van der Waals surface area contributed by atoms with Gasteiger partial charge in [-0.05, 0) is 57.5 Å². The van der Waals surface area contributed by atoms with Crippen molar-refractivity contribution in [2.45, 2.75) is 26.7 Å². The number of aryl methyl sites for hydroxylation is 1. The summed E-state index contributed by atoms with van der Waals surface area (Å²) in [5.41, 5.74) is 3.61. The van der Waals surface area contributed by atoms with Crippen LogP contribution >= 0.6 is 0 Å². The fourth-order valence-corrected chi connectivity index (χ4v) is 3.65. The Morgan fingerprint density at radius 3 is 2.81 bits per heavy atom. The van der Waals surface area contributed by atoms with Gasteiger partial charge in [-0.2, -0.15) is 5.10 Å². The van der Waals surface area contributed by atoms with E-state index in [1.165, 1.54) is 0 Å². The molecule has 2 aromatic rings. The molecule has 6 nitrogen and oxygen atoms in total. The molecular weight excluding hydrogens is 328 g/mol. The first-order chi connectivity index (χ1) is 12.5. The number of benzene rings is 1. The predicted molar refractivity (Wildman–Crippen MR) is 102 cm³/mol. The Bertz CT molecular complexity index is 757. The minimum absolute atomic E-state index is 0.0100. The Kier molecular flexibility index (Phi) is 5.74. The van der Waals surface area contributed by atoms with Crippen molar-refractivity contribution in [1.29, 1.82) is 0 Å². The van der Waals surface area contributed by atoms with Crippen LogP contribution in [-0.4, -0.2) is 49.0 Å². The van der Waals surface area contributed by atoms with E-state index >= 15 is 0 Å². The highest BCUT2D eigenvalue weighted by Crippen LogP contribution is 2.28. The summed E-state index contributed by atoms with van der Waals surface area (Å²) in [6, 6.07) is 8.10. The first-order valence-corrected chi connectivity index (χ1v) is 9.14. The Hall–Kier alpha value is -2.18. The van der Waals surface area contributed by atoms with Gasteiger partial charge in [-0.15, -0.1) is 0 Å². The molecule has 0 aliphatic carbocycles. The van der Waals surface area contributed by atoms with E-state index in [4.69, 9.17) is 4.74 Å². The molecule has 1 aliphatic heterocycles. The average Bonchev–Trinajstić information content (AvgIpc) is 3.02. The van der Waals surface area contributed by atoms with Crippen molar-refractivity contribution >= 4 is 5.91 Å². The molecule has 0 saturated carbocycles. The highest BCUT2D eigenvalue weighted by molar-refractivity contribution is 5.95. The van der Waals surface area contributed by atoms with Crippen molar-refractivity contribution in [1.82, 2.24) is 20.4 Å². The lowest BCUT2D eigenvalue weighted by atomic mass is 9.79. The number of methoxy groups -OCH3 is 1. The molecule has 1 aromatic heterocycles. The van der Waals surface area contributed by atoms with Crippen LogP contribution in [0.1, 0.15) is 34.5 Å². The van der Waals surface area contributed by atoms with Gasteiger partial charge in [0.2, 0.25) is 0 Å². The molecule has 0 atom stereocenters. The summed E-state index contributed by atoms with van der Waals surface area (Å²) in [6.45, 7) is 7.18. The Balaban J connectivity index is 1.72. The van der Waals surface area contributed by atoms with Gasteiger partial charge in [-0.1, -0.05) is 12.1 Å². The highest BCUT2D eigenvalue weighted by atomic mass is 16.5. The van der Waals surface area contributed by atoms with E-state index in [-0.39, 0.29) is 11.3 Å². The topological polar surface area (TPSA) is 68.2 Å². The Morgan fingerprint density at radius 2 is 2.12 bits per heavy atom. The summed E-state index contributed by atoms with van der Waals surface area (Å²) in [4.78, 5) is 12.7. The van der Waals surface area contributed by atoms with Crippen LogP contribution in [0.25, 0.3) is 5.69 Å². The molecule has 2 N–H and O–H groups in total. The molecule has 1 fully saturated rings. The van der Waals surface area contributed by atoms with E-state index in [1.807, 2.05) is 36.7 Å². The maximum Gasteiger partial charge on any atom is 0.254 e. The molecule has 0 radical (unpaired) electrons. The van der Waals surface area contributed by atoms with Crippen LogP contribution in [0.4, 0.5) is 0 Å². The summed E-state index contributed by atoms with van der Waals surface area (Å²) in [5, 5.41) is 10.9. The standard InChI is InChI=1S/C20H28N4O2/c1-15-5-4-6-17(11-15)24-16(2)18(12-23-24)19(25)22-13-20(14-26-3)7-9-21-10-8-20/h4-6,11-12,21H,7-10,13-14H2,1-3H3,(H,22,25). The minimum atomic E-state index is -0.0737. The summed E-state index contributed by atoms with van der Waals surface area (Å²) < 4.78 is 7.24. The molecule has 26 heavy (non-hydrogen) atoms. The minimum Gasteiger partial charge on any atom is -0.384 e. The third-order valence-electron chi connectivity index (χ3n) is 5.24. The van der Waals surface area contributed by atoms with Crippen molar-refractivity contribution in [3.63, 3.8) is 0 Å². The molecule has 1 aliphatic rings. The quantitative estimate of drug-likeness (QED) is 0.833. The number of hydrogen-bond donors (Lipinski definition) is 2. The van der Waals surface area contributed by atoms with Gasteiger partial charge in [0.05, 0.1) is 29.7 Å². The smallest absolute Gasteiger partial charge is 0.254 e. The second-order valence-corrected chi connectivity index (χ2v) is 7.26. The normalized spacial score (nSPS) is 16.4. The SMILES string of the molecule is COCC1(CNC(=O)c2cnn(-c3cccc(C)c3)c2C)CCNCC1. The molecule has 0 bridgehead atoms. The number of nitrogens with zero attached hydrogens (tertiary/aromatic N) is 2. The number of carbonyl (C=O) groups is 1. The van der Waals surface area contributed by atoms with Gasteiger partial charge in [-0.3, -0.25) is 4.79 Å². The lowest BCUT2D eigenvalue weighted by Crippen LogP contribution is -2.47. The average molecular weight is 356 g/mol. The lowest BCUT2D eigenvalue weighted by Gasteiger charge is -2.37. The van der Waals surface area contributed by atoms with Crippen LogP contribution in [0.15, 0.2) is 30.5 Å².